The van der Waals surface area contributed by atoms with Crippen LogP contribution in [0.5, 0.6) is 11.5 Å². The van der Waals surface area contributed by atoms with Crippen LogP contribution in [-0.4, -0.2) is 52.4 Å². The first-order chi connectivity index (χ1) is 10.3. The molecule has 0 saturated carbocycles. The van der Waals surface area contributed by atoms with Crippen LogP contribution in [0.4, 0.5) is 0 Å². The van der Waals surface area contributed by atoms with Crippen molar-refractivity contribution in [1.82, 2.24) is 4.90 Å². The fourth-order valence-electron chi connectivity index (χ4n) is 2.54. The molecule has 0 aliphatic carbocycles. The van der Waals surface area contributed by atoms with Crippen molar-refractivity contribution in [3.8, 4) is 11.5 Å². The number of nitrogens with zero attached hydrogens (tertiary/aromatic N) is 2. The molecule has 1 atom stereocenters. The normalized spacial score (nSPS) is 21.1. The molecule has 0 aromatic heterocycles. The maximum atomic E-state index is 12.6. The van der Waals surface area contributed by atoms with Crippen LogP contribution in [0.25, 0.3) is 0 Å². The van der Waals surface area contributed by atoms with E-state index < -0.39 is 0 Å². The molecule has 1 aliphatic heterocycles. The van der Waals surface area contributed by atoms with Gasteiger partial charge in [-0.2, -0.15) is 4.74 Å². The predicted octanol–water partition coefficient (Wildman–Crippen LogP) is 2.70. The number of ether oxygens (including phenoxy) is 2. The van der Waals surface area contributed by atoms with Gasteiger partial charge >= 0.3 is 0 Å². The first kappa shape index (κ1) is 16.9. The highest BCUT2D eigenvalue weighted by atomic mass is 32.2. The van der Waals surface area contributed by atoms with Crippen molar-refractivity contribution in [2.24, 2.45) is 0 Å². The summed E-state index contributed by atoms with van der Waals surface area (Å²) < 4.78 is 11.9. The highest BCUT2D eigenvalue weighted by Crippen LogP contribution is 2.40. The van der Waals surface area contributed by atoms with Gasteiger partial charge in [0.15, 0.2) is 17.7 Å². The molecule has 1 unspecified atom stereocenters. The van der Waals surface area contributed by atoms with Crippen molar-refractivity contribution < 1.29 is 14.2 Å². The number of rotatable bonds is 4. The van der Waals surface area contributed by atoms with Gasteiger partial charge in [-0.15, -0.1) is 0 Å². The van der Waals surface area contributed by atoms with E-state index in [1.807, 2.05) is 31.9 Å². The quantitative estimate of drug-likeness (QED) is 0.276. The summed E-state index contributed by atoms with van der Waals surface area (Å²) in [6, 6.07) is 5.37. The van der Waals surface area contributed by atoms with Gasteiger partial charge in [-0.05, 0) is 32.0 Å². The van der Waals surface area contributed by atoms with Crippen LogP contribution in [0, 0.1) is 5.21 Å². The summed E-state index contributed by atoms with van der Waals surface area (Å²) in [7, 11) is 5.00. The Balaban J connectivity index is 2.34. The van der Waals surface area contributed by atoms with E-state index in [1.165, 1.54) is 0 Å². The molecule has 1 saturated heterocycles. The second kappa shape index (κ2) is 6.34. The van der Waals surface area contributed by atoms with E-state index in [0.717, 1.165) is 14.6 Å². The zero-order chi connectivity index (χ0) is 16.5. The molecular formula is C15H20N2O3S2. The maximum absolute atomic E-state index is 12.6. The van der Waals surface area contributed by atoms with Gasteiger partial charge in [0.1, 0.15) is 9.07 Å². The molecule has 1 aromatic carbocycles. The van der Waals surface area contributed by atoms with E-state index >= 15 is 0 Å². The van der Waals surface area contributed by atoms with E-state index in [0.29, 0.717) is 11.5 Å². The molecule has 0 radical (unpaired) electrons. The van der Waals surface area contributed by atoms with Crippen LogP contribution in [0.2, 0.25) is 0 Å². The van der Waals surface area contributed by atoms with Gasteiger partial charge in [-0.3, -0.25) is 0 Å². The zero-order valence-electron chi connectivity index (χ0n) is 13.3. The van der Waals surface area contributed by atoms with E-state index in [9.17, 15) is 5.21 Å². The van der Waals surface area contributed by atoms with Gasteiger partial charge in [-0.25, -0.2) is 0 Å². The summed E-state index contributed by atoms with van der Waals surface area (Å²) in [6.07, 6.45) is 1.21. The summed E-state index contributed by atoms with van der Waals surface area (Å²) in [4.78, 5) is 1.84. The van der Waals surface area contributed by atoms with E-state index in [1.54, 1.807) is 44.3 Å². The first-order valence-electron chi connectivity index (χ1n) is 6.78. The molecule has 7 heteroatoms. The Hall–Kier alpha value is -1.47. The summed E-state index contributed by atoms with van der Waals surface area (Å²) in [6.45, 7) is 4.04. The van der Waals surface area contributed by atoms with Crippen LogP contribution in [0.15, 0.2) is 18.2 Å². The highest BCUT2D eigenvalue weighted by Gasteiger charge is 2.48. The number of hydrogen-bond donors (Lipinski definition) is 0. The Kier molecular flexibility index (Phi) is 4.87. The average Bonchev–Trinajstić information content (AvgIpc) is 2.66. The van der Waals surface area contributed by atoms with Gasteiger partial charge in [0, 0.05) is 12.6 Å². The smallest absolute Gasteiger partial charge is 0.254 e. The third kappa shape index (κ3) is 3.15. The van der Waals surface area contributed by atoms with Crippen molar-refractivity contribution in [2.45, 2.75) is 24.8 Å². The standard InChI is InChI=1S/C15H20N2O3S2/c1-15(2)13(16(3)14(21)22-15)17(18)9-10-6-7-11(19-4)12(8-10)20-5/h6-9,13H,1-5H3. The first-order valence-corrected chi connectivity index (χ1v) is 8.01. The molecule has 5 nitrogen and oxygen atoms in total. The lowest BCUT2D eigenvalue weighted by Gasteiger charge is -2.27. The van der Waals surface area contributed by atoms with Gasteiger partial charge in [0.05, 0.1) is 14.2 Å². The molecular weight excluding hydrogens is 320 g/mol. The highest BCUT2D eigenvalue weighted by molar-refractivity contribution is 8.24. The monoisotopic (exact) mass is 340 g/mol. The van der Waals surface area contributed by atoms with Crippen LogP contribution in [0.3, 0.4) is 0 Å². The van der Waals surface area contributed by atoms with Crippen molar-refractivity contribution >= 4 is 34.5 Å². The number of hydroxylamine groups is 1. The second-order valence-electron chi connectivity index (χ2n) is 5.56. The minimum Gasteiger partial charge on any atom is -0.622 e. The topological polar surface area (TPSA) is 47.8 Å². The molecule has 2 rings (SSSR count). The molecule has 0 bridgehead atoms. The minimum absolute atomic E-state index is 0.277. The number of thiocarbonyl (C=S) groups is 1. The molecule has 1 fully saturated rings. The molecule has 1 aromatic rings. The summed E-state index contributed by atoms with van der Waals surface area (Å²) in [5.74, 6) is 1.22. The van der Waals surface area contributed by atoms with Crippen molar-refractivity contribution in [1.29, 1.82) is 0 Å². The van der Waals surface area contributed by atoms with Gasteiger partial charge < -0.3 is 19.6 Å². The van der Waals surface area contributed by atoms with E-state index in [-0.39, 0.29) is 10.9 Å². The molecule has 1 aliphatic rings. The molecule has 1 heterocycles. The van der Waals surface area contributed by atoms with Gasteiger partial charge in [-0.1, -0.05) is 24.0 Å². The van der Waals surface area contributed by atoms with Crippen LogP contribution in [0.1, 0.15) is 19.4 Å². The van der Waals surface area contributed by atoms with Crippen molar-refractivity contribution in [3.05, 3.63) is 29.0 Å². The fraction of sp³-hybridized carbons (Fsp3) is 0.467. The van der Waals surface area contributed by atoms with Gasteiger partial charge in [0.25, 0.3) is 6.17 Å². The Morgan fingerprint density at radius 3 is 2.45 bits per heavy atom. The lowest BCUT2D eigenvalue weighted by molar-refractivity contribution is -0.522. The van der Waals surface area contributed by atoms with E-state index in [4.69, 9.17) is 21.7 Å². The third-order valence-corrected chi connectivity index (χ3v) is 5.29. The average molecular weight is 340 g/mol. The Bertz CT molecular complexity index is 617. The zero-order valence-corrected chi connectivity index (χ0v) is 15.0. The third-order valence-electron chi connectivity index (χ3n) is 3.55. The Morgan fingerprint density at radius 1 is 1.32 bits per heavy atom. The summed E-state index contributed by atoms with van der Waals surface area (Å²) in [5.41, 5.74) is 0.750. The van der Waals surface area contributed by atoms with E-state index in [2.05, 4.69) is 0 Å². The molecule has 0 N–H and O–H groups in total. The SMILES string of the molecule is COc1ccc(C=[N+]([O-])C2N(C)C(=S)SC2(C)C)cc1OC. The van der Waals surface area contributed by atoms with Crippen LogP contribution in [-0.2, 0) is 0 Å². The molecule has 120 valence electrons. The molecule has 22 heavy (non-hydrogen) atoms. The lowest BCUT2D eigenvalue weighted by atomic mass is 10.1. The maximum Gasteiger partial charge on any atom is 0.254 e. The van der Waals surface area contributed by atoms with Crippen LogP contribution < -0.4 is 9.47 Å². The minimum atomic E-state index is -0.349. The number of thioether (sulfide) groups is 1. The second-order valence-corrected chi connectivity index (χ2v) is 7.85. The Morgan fingerprint density at radius 2 is 1.95 bits per heavy atom. The number of hydrogen-bond acceptors (Lipinski definition) is 5. The van der Waals surface area contributed by atoms with Crippen molar-refractivity contribution in [3.63, 3.8) is 0 Å². The number of benzene rings is 1. The lowest BCUT2D eigenvalue weighted by Crippen LogP contribution is -2.46. The summed E-state index contributed by atoms with van der Waals surface area (Å²) in [5, 5.41) is 12.6. The fourth-order valence-corrected chi connectivity index (χ4v) is 4.35. The Labute approximate surface area is 140 Å². The van der Waals surface area contributed by atoms with Gasteiger partial charge in [0.2, 0.25) is 0 Å². The molecule has 0 spiro atoms. The van der Waals surface area contributed by atoms with Crippen molar-refractivity contribution in [2.75, 3.05) is 21.3 Å². The molecule has 0 amide bonds. The van der Waals surface area contributed by atoms with Crippen LogP contribution >= 0.6 is 24.0 Å². The predicted molar refractivity (Wildman–Crippen MR) is 94.2 cm³/mol. The largest absolute Gasteiger partial charge is 0.622 e. The summed E-state index contributed by atoms with van der Waals surface area (Å²) >= 11 is 6.84. The number of methoxy groups -OCH3 is 2.